The van der Waals surface area contributed by atoms with E-state index in [2.05, 4.69) is 5.32 Å². The Bertz CT molecular complexity index is 1440. The first kappa shape index (κ1) is 29.4. The number of fused-ring (bicyclic) bond motifs is 1. The van der Waals surface area contributed by atoms with Crippen molar-refractivity contribution in [1.82, 2.24) is 14.6 Å². The second-order valence-electron chi connectivity index (χ2n) is 11.2. The van der Waals surface area contributed by atoms with Gasteiger partial charge in [0.2, 0.25) is 17.0 Å². The van der Waals surface area contributed by atoms with Gasteiger partial charge in [-0.15, -0.1) is 0 Å². The first-order valence-electron chi connectivity index (χ1n) is 14.1. The van der Waals surface area contributed by atoms with Crippen LogP contribution in [0.1, 0.15) is 78.0 Å². The first-order valence-corrected chi connectivity index (χ1v) is 15.2. The van der Waals surface area contributed by atoms with Gasteiger partial charge in [0.05, 0.1) is 28.6 Å². The van der Waals surface area contributed by atoms with E-state index in [9.17, 15) is 23.5 Å². The predicted octanol–water partition coefficient (Wildman–Crippen LogP) is 5.03. The van der Waals surface area contributed by atoms with Crippen molar-refractivity contribution in [3.63, 3.8) is 0 Å². The van der Waals surface area contributed by atoms with Crippen LogP contribution in [0.2, 0.25) is 0 Å². The number of carboxylic acid groups (broad SMARTS) is 1. The average molecular weight is 584 g/mol. The number of nitrogens with zero attached hydrogens (tertiary/aromatic N) is 2. The summed E-state index contributed by atoms with van der Waals surface area (Å²) in [4.78, 5) is 29.8. The fraction of sp³-hybridized carbons (Fsp3) is 0.500. The third-order valence-electron chi connectivity index (χ3n) is 8.34. The normalized spacial score (nSPS) is 17.6. The number of carboxylic acids is 1. The van der Waals surface area contributed by atoms with Crippen LogP contribution in [0.3, 0.4) is 0 Å². The highest BCUT2D eigenvalue weighted by molar-refractivity contribution is 7.76. The molecule has 41 heavy (non-hydrogen) atoms. The molecule has 3 aromatic rings. The van der Waals surface area contributed by atoms with E-state index < -0.39 is 22.7 Å². The Labute approximate surface area is 241 Å². The summed E-state index contributed by atoms with van der Waals surface area (Å²) in [6, 6.07) is 9.70. The van der Waals surface area contributed by atoms with Crippen LogP contribution in [0.5, 0.6) is 0 Å². The maximum absolute atomic E-state index is 13.0. The van der Waals surface area contributed by atoms with E-state index in [1.54, 1.807) is 7.05 Å². The SMILES string of the molecule is CNC(=O)c1c(-c2ccc(C)cc2)oc2nc(CN(CCCCC3(C(=O)O)CCOCC3)S(=O)O)c(C3CC3)cc12. The van der Waals surface area contributed by atoms with Gasteiger partial charge in [0.1, 0.15) is 5.76 Å². The summed E-state index contributed by atoms with van der Waals surface area (Å²) in [5.41, 5.74) is 3.42. The zero-order valence-corrected chi connectivity index (χ0v) is 24.3. The number of amides is 1. The number of aliphatic carboxylic acids is 1. The van der Waals surface area contributed by atoms with Gasteiger partial charge in [0.25, 0.3) is 5.91 Å². The van der Waals surface area contributed by atoms with Crippen molar-refractivity contribution in [1.29, 1.82) is 0 Å². The topological polar surface area (TPSA) is 142 Å². The Balaban J connectivity index is 1.40. The third-order valence-corrected chi connectivity index (χ3v) is 9.10. The number of carbonyl (C=O) groups excluding carboxylic acids is 1. The maximum Gasteiger partial charge on any atom is 0.309 e. The second kappa shape index (κ2) is 12.4. The molecular formula is C30H37N3O7S. The van der Waals surface area contributed by atoms with Crippen molar-refractivity contribution in [2.75, 3.05) is 26.8 Å². The Morgan fingerprint density at radius 3 is 2.49 bits per heavy atom. The van der Waals surface area contributed by atoms with Crippen LogP contribution < -0.4 is 5.32 Å². The Morgan fingerprint density at radius 2 is 1.88 bits per heavy atom. The Morgan fingerprint density at radius 1 is 1.17 bits per heavy atom. The van der Waals surface area contributed by atoms with Gasteiger partial charge in [-0.2, -0.15) is 4.31 Å². The molecule has 1 aliphatic heterocycles. The molecule has 2 aliphatic rings. The lowest BCUT2D eigenvalue weighted by atomic mass is 9.76. The summed E-state index contributed by atoms with van der Waals surface area (Å²) < 4.78 is 35.5. The summed E-state index contributed by atoms with van der Waals surface area (Å²) in [6.07, 6.45) is 4.64. The monoisotopic (exact) mass is 583 g/mol. The summed E-state index contributed by atoms with van der Waals surface area (Å²) in [5, 5.41) is 13.2. The number of furan rings is 1. The molecule has 10 nitrogen and oxygen atoms in total. The molecule has 3 N–H and O–H groups in total. The number of aromatic nitrogens is 1. The van der Waals surface area contributed by atoms with Gasteiger partial charge in [-0.3, -0.25) is 14.1 Å². The molecule has 1 aromatic carbocycles. The molecule has 3 heterocycles. The molecule has 1 atom stereocenters. The van der Waals surface area contributed by atoms with Gasteiger partial charge < -0.3 is 19.6 Å². The standard InChI is InChI=1S/C30H37N3O7S/c1-19-5-7-21(8-6-19)26-25(27(34)31-2)23-17-22(20-9-10-20)24(32-28(23)40-26)18-33(41(37)38)14-4-3-11-30(29(35)36)12-15-39-16-13-30/h5-8,17,20H,3-4,9-16,18H2,1-2H3,(H,31,34)(H,35,36)(H,37,38). The molecule has 1 saturated heterocycles. The number of aryl methyl sites for hydroxylation is 1. The van der Waals surface area contributed by atoms with Crippen LogP contribution >= 0.6 is 0 Å². The van der Waals surface area contributed by atoms with Crippen molar-refractivity contribution >= 4 is 34.2 Å². The largest absolute Gasteiger partial charge is 0.481 e. The number of pyridine rings is 1. The van der Waals surface area contributed by atoms with E-state index in [-0.39, 0.29) is 18.4 Å². The fourth-order valence-electron chi connectivity index (χ4n) is 5.67. The molecule has 11 heteroatoms. The summed E-state index contributed by atoms with van der Waals surface area (Å²) in [7, 11) is 1.58. The number of hydrogen-bond donors (Lipinski definition) is 3. The fourth-order valence-corrected chi connectivity index (χ4v) is 6.19. The van der Waals surface area contributed by atoms with E-state index >= 15 is 0 Å². The van der Waals surface area contributed by atoms with Gasteiger partial charge in [-0.1, -0.05) is 36.2 Å². The van der Waals surface area contributed by atoms with Crippen LogP contribution in [0.4, 0.5) is 0 Å². The van der Waals surface area contributed by atoms with E-state index in [0.717, 1.165) is 29.5 Å². The van der Waals surface area contributed by atoms with Crippen molar-refractivity contribution in [2.45, 2.75) is 64.3 Å². The lowest BCUT2D eigenvalue weighted by molar-refractivity contribution is -0.155. The van der Waals surface area contributed by atoms with Gasteiger partial charge in [-0.25, -0.2) is 9.19 Å². The minimum Gasteiger partial charge on any atom is -0.481 e. The molecule has 1 amide bonds. The molecule has 1 unspecified atom stereocenters. The van der Waals surface area contributed by atoms with Gasteiger partial charge in [-0.05, 0) is 63.0 Å². The van der Waals surface area contributed by atoms with Crippen molar-refractivity contribution in [2.24, 2.45) is 5.41 Å². The molecule has 2 aromatic heterocycles. The van der Waals surface area contributed by atoms with Crippen LogP contribution in [0.25, 0.3) is 22.4 Å². The molecule has 1 aliphatic carbocycles. The van der Waals surface area contributed by atoms with Crippen LogP contribution in [-0.4, -0.2) is 61.8 Å². The Kier molecular flexibility index (Phi) is 8.88. The Hall–Kier alpha value is -3.12. The summed E-state index contributed by atoms with van der Waals surface area (Å²) in [5.74, 6) is -0.351. The number of unbranched alkanes of at least 4 members (excludes halogenated alkanes) is 1. The van der Waals surface area contributed by atoms with Crippen LogP contribution in [0, 0.1) is 12.3 Å². The molecule has 0 bridgehead atoms. The third kappa shape index (κ3) is 6.38. The highest BCUT2D eigenvalue weighted by Crippen LogP contribution is 2.44. The highest BCUT2D eigenvalue weighted by atomic mass is 32.2. The van der Waals surface area contributed by atoms with E-state index in [0.29, 0.717) is 80.0 Å². The summed E-state index contributed by atoms with van der Waals surface area (Å²) >= 11 is -2.24. The van der Waals surface area contributed by atoms with Crippen LogP contribution in [-0.2, 0) is 27.3 Å². The van der Waals surface area contributed by atoms with Crippen molar-refractivity contribution in [3.05, 3.63) is 52.7 Å². The van der Waals surface area contributed by atoms with Gasteiger partial charge >= 0.3 is 5.97 Å². The number of ether oxygens (including phenoxy) is 1. The van der Waals surface area contributed by atoms with Gasteiger partial charge in [0, 0.05) is 32.4 Å². The van der Waals surface area contributed by atoms with Crippen molar-refractivity contribution < 1.29 is 32.6 Å². The molecular weight excluding hydrogens is 546 g/mol. The molecule has 0 radical (unpaired) electrons. The molecule has 2 fully saturated rings. The minimum atomic E-state index is -2.24. The number of rotatable bonds is 12. The number of benzene rings is 1. The number of nitrogens with one attached hydrogen (secondary N) is 1. The average Bonchev–Trinajstić information content (AvgIpc) is 3.75. The van der Waals surface area contributed by atoms with E-state index in [1.807, 2.05) is 37.3 Å². The molecule has 220 valence electrons. The van der Waals surface area contributed by atoms with E-state index in [4.69, 9.17) is 14.1 Å². The highest BCUT2D eigenvalue weighted by Gasteiger charge is 2.39. The lowest BCUT2D eigenvalue weighted by Gasteiger charge is -2.33. The lowest BCUT2D eigenvalue weighted by Crippen LogP contribution is -2.37. The van der Waals surface area contributed by atoms with Crippen molar-refractivity contribution in [3.8, 4) is 11.3 Å². The molecule has 0 spiro atoms. The number of hydrogen-bond acceptors (Lipinski definition) is 6. The van der Waals surface area contributed by atoms with Gasteiger partial charge in [0.15, 0.2) is 0 Å². The zero-order chi connectivity index (χ0) is 29.1. The predicted molar refractivity (Wildman–Crippen MR) is 155 cm³/mol. The smallest absolute Gasteiger partial charge is 0.309 e. The second-order valence-corrected chi connectivity index (χ2v) is 12.1. The number of carbonyl (C=O) groups is 2. The van der Waals surface area contributed by atoms with E-state index in [1.165, 1.54) is 4.31 Å². The summed E-state index contributed by atoms with van der Waals surface area (Å²) in [6.45, 7) is 3.33. The minimum absolute atomic E-state index is 0.138. The quantitative estimate of drug-likeness (QED) is 0.199. The van der Waals surface area contributed by atoms with Crippen LogP contribution in [0.15, 0.2) is 34.7 Å². The molecule has 1 saturated carbocycles. The first-order chi connectivity index (χ1) is 19.7. The zero-order valence-electron chi connectivity index (χ0n) is 23.5. The molecule has 5 rings (SSSR count). The maximum atomic E-state index is 13.0.